The van der Waals surface area contributed by atoms with Crippen LogP contribution in [0.15, 0.2) is 60.7 Å². The number of benzene rings is 2. The maximum absolute atomic E-state index is 13.1. The highest BCUT2D eigenvalue weighted by atomic mass is 16.3. The Bertz CT molecular complexity index is 1080. The van der Waals surface area contributed by atoms with Crippen LogP contribution in [0.4, 0.5) is 11.5 Å². The summed E-state index contributed by atoms with van der Waals surface area (Å²) in [6.45, 7) is 6.75. The van der Waals surface area contributed by atoms with E-state index in [1.807, 2.05) is 90.9 Å². The summed E-state index contributed by atoms with van der Waals surface area (Å²) in [6, 6.07) is 21.8. The second-order valence-corrected chi connectivity index (χ2v) is 7.94. The second kappa shape index (κ2) is 10.7. The average Bonchev–Trinajstić information content (AvgIpc) is 3.03. The highest BCUT2D eigenvalue weighted by molar-refractivity contribution is 5.95. The van der Waals surface area contributed by atoms with Crippen LogP contribution in [0.5, 0.6) is 0 Å². The molecule has 0 saturated heterocycles. The van der Waals surface area contributed by atoms with Crippen molar-refractivity contribution in [1.29, 1.82) is 5.26 Å². The van der Waals surface area contributed by atoms with E-state index in [4.69, 9.17) is 0 Å². The standard InChI is InChI=1S/C26H30N4O2/c1-4-23(31)17-29(22-13-9-6-10-14-22)18-25(32)28-26-24(15-27)19(2)20(3)30(26)16-21-11-7-5-8-12-21/h5-14,23,31H,4,16-18H2,1-3H3,(H,28,32). The molecule has 1 atom stereocenters. The van der Waals surface area contributed by atoms with Gasteiger partial charge in [-0.1, -0.05) is 55.5 Å². The quantitative estimate of drug-likeness (QED) is 0.532. The Morgan fingerprint density at radius 2 is 1.75 bits per heavy atom. The average molecular weight is 431 g/mol. The Morgan fingerprint density at radius 1 is 1.12 bits per heavy atom. The minimum atomic E-state index is -0.538. The van der Waals surface area contributed by atoms with Crippen LogP contribution in [0.25, 0.3) is 0 Å². The molecule has 1 aromatic heterocycles. The van der Waals surface area contributed by atoms with Crippen LogP contribution in [0.2, 0.25) is 0 Å². The number of nitrogens with one attached hydrogen (secondary N) is 1. The third-order valence-corrected chi connectivity index (χ3v) is 5.74. The zero-order valence-corrected chi connectivity index (χ0v) is 18.9. The molecule has 3 aromatic rings. The van der Waals surface area contributed by atoms with E-state index in [0.717, 1.165) is 22.5 Å². The zero-order valence-electron chi connectivity index (χ0n) is 18.9. The molecule has 1 unspecified atom stereocenters. The van der Waals surface area contributed by atoms with Gasteiger partial charge in [-0.2, -0.15) is 5.26 Å². The lowest BCUT2D eigenvalue weighted by Gasteiger charge is -2.26. The molecule has 0 aliphatic heterocycles. The van der Waals surface area contributed by atoms with E-state index in [1.54, 1.807) is 0 Å². The monoisotopic (exact) mass is 430 g/mol. The normalized spacial score (nSPS) is 11.6. The van der Waals surface area contributed by atoms with Gasteiger partial charge in [0, 0.05) is 24.5 Å². The third-order valence-electron chi connectivity index (χ3n) is 5.74. The molecule has 2 aromatic carbocycles. The fourth-order valence-electron chi connectivity index (χ4n) is 3.72. The van der Waals surface area contributed by atoms with E-state index in [2.05, 4.69) is 11.4 Å². The lowest BCUT2D eigenvalue weighted by atomic mass is 10.2. The Labute approximate surface area is 189 Å². The van der Waals surface area contributed by atoms with Gasteiger partial charge in [-0.05, 0) is 43.5 Å². The molecule has 6 heteroatoms. The van der Waals surface area contributed by atoms with Crippen LogP contribution in [-0.2, 0) is 11.3 Å². The smallest absolute Gasteiger partial charge is 0.245 e. The summed E-state index contributed by atoms with van der Waals surface area (Å²) in [5.74, 6) is 0.279. The largest absolute Gasteiger partial charge is 0.391 e. The number of hydrogen-bond acceptors (Lipinski definition) is 4. The number of nitrogens with zero attached hydrogens (tertiary/aromatic N) is 3. The summed E-state index contributed by atoms with van der Waals surface area (Å²) >= 11 is 0. The fraction of sp³-hybridized carbons (Fsp3) is 0.308. The topological polar surface area (TPSA) is 81.3 Å². The SMILES string of the molecule is CCC(O)CN(CC(=O)Nc1c(C#N)c(C)c(C)n1Cc1ccccc1)c1ccccc1. The first-order valence-corrected chi connectivity index (χ1v) is 10.9. The van der Waals surface area contributed by atoms with Gasteiger partial charge in [0.05, 0.1) is 18.2 Å². The van der Waals surface area contributed by atoms with E-state index in [9.17, 15) is 15.2 Å². The molecular formula is C26H30N4O2. The number of amides is 1. The number of hydrogen-bond donors (Lipinski definition) is 2. The summed E-state index contributed by atoms with van der Waals surface area (Å²) < 4.78 is 1.98. The molecule has 3 rings (SSSR count). The van der Waals surface area contributed by atoms with Crippen molar-refractivity contribution in [3.63, 3.8) is 0 Å². The predicted molar refractivity (Wildman–Crippen MR) is 128 cm³/mol. The van der Waals surface area contributed by atoms with Gasteiger partial charge in [0.2, 0.25) is 5.91 Å². The van der Waals surface area contributed by atoms with Gasteiger partial charge in [-0.15, -0.1) is 0 Å². The van der Waals surface area contributed by atoms with Crippen LogP contribution in [-0.4, -0.2) is 34.8 Å². The number of aliphatic hydroxyl groups excluding tert-OH is 1. The van der Waals surface area contributed by atoms with Gasteiger partial charge in [-0.25, -0.2) is 0 Å². The van der Waals surface area contributed by atoms with Crippen LogP contribution in [0, 0.1) is 25.2 Å². The molecule has 1 amide bonds. The summed E-state index contributed by atoms with van der Waals surface area (Å²) in [4.78, 5) is 15.0. The van der Waals surface area contributed by atoms with E-state index in [1.165, 1.54) is 0 Å². The molecule has 0 saturated carbocycles. The van der Waals surface area contributed by atoms with Crippen molar-refractivity contribution in [3.8, 4) is 6.07 Å². The Morgan fingerprint density at radius 3 is 2.34 bits per heavy atom. The van der Waals surface area contributed by atoms with Crippen molar-refractivity contribution in [2.45, 2.75) is 39.8 Å². The number of aromatic nitrogens is 1. The van der Waals surface area contributed by atoms with Crippen LogP contribution in [0.1, 0.15) is 35.7 Å². The number of nitriles is 1. The summed E-state index contributed by atoms with van der Waals surface area (Å²) in [5.41, 5.74) is 4.24. The summed E-state index contributed by atoms with van der Waals surface area (Å²) in [5, 5.41) is 23.0. The van der Waals surface area contributed by atoms with Crippen LogP contribution < -0.4 is 10.2 Å². The first kappa shape index (κ1) is 23.1. The minimum absolute atomic E-state index is 0.0700. The van der Waals surface area contributed by atoms with Gasteiger partial charge in [0.15, 0.2) is 0 Å². The van der Waals surface area contributed by atoms with Crippen molar-refractivity contribution in [3.05, 3.63) is 83.0 Å². The lowest BCUT2D eigenvalue weighted by Crippen LogP contribution is -2.38. The van der Waals surface area contributed by atoms with Crippen molar-refractivity contribution in [1.82, 2.24) is 4.57 Å². The first-order chi connectivity index (χ1) is 15.4. The Balaban J connectivity index is 1.87. The molecule has 0 fully saturated rings. The molecule has 6 nitrogen and oxygen atoms in total. The summed E-state index contributed by atoms with van der Waals surface area (Å²) in [7, 11) is 0. The fourth-order valence-corrected chi connectivity index (χ4v) is 3.72. The minimum Gasteiger partial charge on any atom is -0.391 e. The maximum Gasteiger partial charge on any atom is 0.245 e. The highest BCUT2D eigenvalue weighted by Gasteiger charge is 2.21. The molecule has 1 heterocycles. The second-order valence-electron chi connectivity index (χ2n) is 7.94. The third kappa shape index (κ3) is 5.37. The van der Waals surface area contributed by atoms with Crippen LogP contribution in [0.3, 0.4) is 0 Å². The van der Waals surface area contributed by atoms with E-state index < -0.39 is 6.10 Å². The molecule has 0 bridgehead atoms. The summed E-state index contributed by atoms with van der Waals surface area (Å²) in [6.07, 6.45) is 0.0612. The lowest BCUT2D eigenvalue weighted by molar-refractivity contribution is -0.115. The van der Waals surface area contributed by atoms with Gasteiger partial charge < -0.3 is 19.9 Å². The molecule has 0 spiro atoms. The number of anilines is 2. The number of carbonyl (C=O) groups excluding carboxylic acids is 1. The molecule has 2 N–H and O–H groups in total. The van der Waals surface area contributed by atoms with E-state index in [-0.39, 0.29) is 12.5 Å². The Hall–Kier alpha value is -3.56. The molecule has 32 heavy (non-hydrogen) atoms. The number of aliphatic hydroxyl groups is 1. The number of carbonyl (C=O) groups is 1. The molecule has 0 radical (unpaired) electrons. The predicted octanol–water partition coefficient (Wildman–Crippen LogP) is 4.24. The number of rotatable bonds is 9. The highest BCUT2D eigenvalue weighted by Crippen LogP contribution is 2.27. The van der Waals surface area contributed by atoms with Crippen molar-refractivity contribution < 1.29 is 9.90 Å². The molecular weight excluding hydrogens is 400 g/mol. The zero-order chi connectivity index (χ0) is 23.1. The van der Waals surface area contributed by atoms with Gasteiger partial charge in [0.25, 0.3) is 0 Å². The van der Waals surface area contributed by atoms with E-state index in [0.29, 0.717) is 30.9 Å². The van der Waals surface area contributed by atoms with Gasteiger partial charge >= 0.3 is 0 Å². The Kier molecular flexibility index (Phi) is 7.69. The first-order valence-electron chi connectivity index (χ1n) is 10.9. The molecule has 166 valence electrons. The van der Waals surface area contributed by atoms with Gasteiger partial charge in [0.1, 0.15) is 11.9 Å². The maximum atomic E-state index is 13.1. The van der Waals surface area contributed by atoms with Crippen molar-refractivity contribution >= 4 is 17.4 Å². The van der Waals surface area contributed by atoms with Crippen molar-refractivity contribution in [2.75, 3.05) is 23.3 Å². The molecule has 0 aliphatic rings. The van der Waals surface area contributed by atoms with Crippen LogP contribution >= 0.6 is 0 Å². The van der Waals surface area contributed by atoms with Gasteiger partial charge in [-0.3, -0.25) is 4.79 Å². The number of para-hydroxylation sites is 1. The molecule has 0 aliphatic carbocycles. The van der Waals surface area contributed by atoms with Crippen molar-refractivity contribution in [2.24, 2.45) is 0 Å². The van der Waals surface area contributed by atoms with E-state index >= 15 is 0 Å².